The van der Waals surface area contributed by atoms with Crippen LogP contribution in [0.5, 0.6) is 0 Å². The summed E-state index contributed by atoms with van der Waals surface area (Å²) in [5, 5.41) is 18.2. The first-order valence-electron chi connectivity index (χ1n) is 4.13. The molecule has 0 amide bonds. The summed E-state index contributed by atoms with van der Waals surface area (Å²) in [5.74, 6) is 0.545. The van der Waals surface area contributed by atoms with Crippen LogP contribution < -0.4 is 0 Å². The van der Waals surface area contributed by atoms with Gasteiger partial charge in [-0.15, -0.1) is 0 Å². The summed E-state index contributed by atoms with van der Waals surface area (Å²) in [6, 6.07) is -0.124. The number of rotatable bonds is 3. The summed E-state index contributed by atoms with van der Waals surface area (Å²) in [6.07, 6.45) is 0.0973. The molecule has 1 fully saturated rings. The zero-order valence-corrected chi connectivity index (χ0v) is 7.96. The summed E-state index contributed by atoms with van der Waals surface area (Å²) < 4.78 is 13.0. The fourth-order valence-electron chi connectivity index (χ4n) is 1.44. The minimum Gasteiger partial charge on any atom is -0.395 e. The van der Waals surface area contributed by atoms with E-state index in [2.05, 4.69) is 0 Å². The van der Waals surface area contributed by atoms with E-state index < -0.39 is 17.1 Å². The molecule has 1 rings (SSSR count). The predicted octanol–water partition coefficient (Wildman–Crippen LogP) is -0.903. The van der Waals surface area contributed by atoms with Gasteiger partial charge >= 0.3 is 0 Å². The monoisotopic (exact) mass is 193 g/mol. The molecule has 1 aliphatic heterocycles. The van der Waals surface area contributed by atoms with Crippen LogP contribution in [0.1, 0.15) is 13.3 Å². The highest BCUT2D eigenvalue weighted by Gasteiger charge is 2.33. The number of nitrogens with zero attached hydrogens (tertiary/aromatic N) is 1. The lowest BCUT2D eigenvalue weighted by Crippen LogP contribution is -2.34. The molecule has 72 valence electrons. The topological polar surface area (TPSA) is 60.8 Å². The maximum absolute atomic E-state index is 11.3. The van der Waals surface area contributed by atoms with Crippen LogP contribution in [-0.2, 0) is 11.0 Å². The van der Waals surface area contributed by atoms with Crippen molar-refractivity contribution in [3.05, 3.63) is 0 Å². The Morgan fingerprint density at radius 2 is 2.33 bits per heavy atom. The molecule has 1 heterocycles. The molecule has 1 saturated heterocycles. The molecule has 5 heteroatoms. The van der Waals surface area contributed by atoms with Crippen molar-refractivity contribution in [3.63, 3.8) is 0 Å². The smallest absolute Gasteiger partial charge is 0.0944 e. The normalized spacial score (nSPS) is 33.9. The van der Waals surface area contributed by atoms with Gasteiger partial charge in [0, 0.05) is 18.3 Å². The van der Waals surface area contributed by atoms with Crippen LogP contribution in [0.15, 0.2) is 0 Å². The lowest BCUT2D eigenvalue weighted by atomic mass is 10.2. The molecule has 0 aromatic heterocycles. The van der Waals surface area contributed by atoms with Gasteiger partial charge in [-0.05, 0) is 6.42 Å². The van der Waals surface area contributed by atoms with E-state index in [0.717, 1.165) is 0 Å². The van der Waals surface area contributed by atoms with E-state index in [-0.39, 0.29) is 12.6 Å². The minimum absolute atomic E-state index is 0.0250. The molecule has 0 radical (unpaired) electrons. The summed E-state index contributed by atoms with van der Waals surface area (Å²) in [5.41, 5.74) is 0. The molecule has 3 atom stereocenters. The molecule has 3 unspecified atom stereocenters. The lowest BCUT2D eigenvalue weighted by Gasteiger charge is -2.19. The highest BCUT2D eigenvalue weighted by molar-refractivity contribution is 7.82. The van der Waals surface area contributed by atoms with Gasteiger partial charge in [0.2, 0.25) is 0 Å². The van der Waals surface area contributed by atoms with Crippen LogP contribution in [0.25, 0.3) is 0 Å². The zero-order valence-electron chi connectivity index (χ0n) is 7.14. The van der Waals surface area contributed by atoms with Gasteiger partial charge in [-0.25, -0.2) is 8.51 Å². The summed E-state index contributed by atoms with van der Waals surface area (Å²) >= 11 is 0. The second kappa shape index (κ2) is 4.32. The lowest BCUT2D eigenvalue weighted by molar-refractivity contribution is 0.184. The third kappa shape index (κ3) is 2.04. The Kier molecular flexibility index (Phi) is 3.64. The number of hydrogen-bond acceptors (Lipinski definition) is 3. The summed E-state index contributed by atoms with van der Waals surface area (Å²) in [4.78, 5) is 0. The third-order valence-electron chi connectivity index (χ3n) is 2.06. The van der Waals surface area contributed by atoms with Gasteiger partial charge in [-0.1, -0.05) is 6.92 Å². The van der Waals surface area contributed by atoms with Crippen LogP contribution in [0, 0.1) is 0 Å². The van der Waals surface area contributed by atoms with Crippen LogP contribution in [0.3, 0.4) is 0 Å². The summed E-state index contributed by atoms with van der Waals surface area (Å²) in [7, 11) is -1.04. The SMILES string of the molecule is CCS(=O)N1CC(O)CC1CO. The van der Waals surface area contributed by atoms with Crippen LogP contribution in [0.4, 0.5) is 0 Å². The molecular weight excluding hydrogens is 178 g/mol. The van der Waals surface area contributed by atoms with Gasteiger partial charge in [0.25, 0.3) is 0 Å². The third-order valence-corrected chi connectivity index (χ3v) is 3.53. The fraction of sp³-hybridized carbons (Fsp3) is 1.00. The van der Waals surface area contributed by atoms with Crippen molar-refractivity contribution in [3.8, 4) is 0 Å². The van der Waals surface area contributed by atoms with E-state index in [9.17, 15) is 9.32 Å². The van der Waals surface area contributed by atoms with Crippen molar-refractivity contribution in [2.24, 2.45) is 0 Å². The standard InChI is InChI=1S/C7H15NO3S/c1-2-12(11)8-4-7(10)3-6(8)5-9/h6-7,9-10H,2-5H2,1H3. The number of aliphatic hydroxyl groups is 2. The second-order valence-corrected chi connectivity index (χ2v) is 4.63. The molecule has 0 aromatic carbocycles. The van der Waals surface area contributed by atoms with E-state index in [1.54, 1.807) is 4.31 Å². The Morgan fingerprint density at radius 3 is 2.83 bits per heavy atom. The van der Waals surface area contributed by atoms with Gasteiger partial charge < -0.3 is 10.2 Å². The average molecular weight is 193 g/mol. The van der Waals surface area contributed by atoms with E-state index in [1.165, 1.54) is 0 Å². The number of β-amino-alcohol motifs (C(OH)–C–C–N with tert-alkyl or cyclic N) is 1. The molecular formula is C7H15NO3S. The second-order valence-electron chi connectivity index (χ2n) is 2.94. The first kappa shape index (κ1) is 10.1. The van der Waals surface area contributed by atoms with Crippen molar-refractivity contribution in [2.75, 3.05) is 18.9 Å². The van der Waals surface area contributed by atoms with Crippen molar-refractivity contribution in [1.82, 2.24) is 4.31 Å². The first-order valence-corrected chi connectivity index (χ1v) is 5.40. The Labute approximate surface area is 74.8 Å². The molecule has 0 spiro atoms. The van der Waals surface area contributed by atoms with E-state index in [0.29, 0.717) is 18.7 Å². The zero-order chi connectivity index (χ0) is 9.14. The van der Waals surface area contributed by atoms with E-state index in [1.807, 2.05) is 6.92 Å². The van der Waals surface area contributed by atoms with Gasteiger partial charge in [0.15, 0.2) is 0 Å². The summed E-state index contributed by atoms with van der Waals surface area (Å²) in [6.45, 7) is 2.23. The quantitative estimate of drug-likeness (QED) is 0.610. The molecule has 12 heavy (non-hydrogen) atoms. The highest BCUT2D eigenvalue weighted by atomic mass is 32.2. The van der Waals surface area contributed by atoms with Gasteiger partial charge in [-0.3, -0.25) is 0 Å². The van der Waals surface area contributed by atoms with Crippen molar-refractivity contribution in [1.29, 1.82) is 0 Å². The van der Waals surface area contributed by atoms with Crippen molar-refractivity contribution >= 4 is 11.0 Å². The molecule has 0 saturated carbocycles. The van der Waals surface area contributed by atoms with Crippen LogP contribution in [-0.4, -0.2) is 49.8 Å². The van der Waals surface area contributed by atoms with Crippen LogP contribution >= 0.6 is 0 Å². The Bertz CT molecular complexity index is 176. The largest absolute Gasteiger partial charge is 0.395 e. The number of aliphatic hydroxyl groups excluding tert-OH is 2. The first-order chi connectivity index (χ1) is 5.69. The van der Waals surface area contributed by atoms with Gasteiger partial charge in [0.1, 0.15) is 0 Å². The Morgan fingerprint density at radius 1 is 1.67 bits per heavy atom. The van der Waals surface area contributed by atoms with Crippen molar-refractivity contribution < 1.29 is 14.4 Å². The maximum Gasteiger partial charge on any atom is 0.0944 e. The van der Waals surface area contributed by atoms with Gasteiger partial charge in [0.05, 0.1) is 23.7 Å². The molecule has 2 N–H and O–H groups in total. The fourth-order valence-corrected chi connectivity index (χ4v) is 2.60. The molecule has 0 aromatic rings. The molecule has 0 aliphatic carbocycles. The predicted molar refractivity (Wildman–Crippen MR) is 46.9 cm³/mol. The Hall–Kier alpha value is 0.0300. The maximum atomic E-state index is 11.3. The molecule has 0 bridgehead atoms. The minimum atomic E-state index is -1.04. The molecule has 4 nitrogen and oxygen atoms in total. The Balaban J connectivity index is 2.57. The highest BCUT2D eigenvalue weighted by Crippen LogP contribution is 2.19. The molecule has 1 aliphatic rings. The van der Waals surface area contributed by atoms with Crippen LogP contribution in [0.2, 0.25) is 0 Å². The van der Waals surface area contributed by atoms with Gasteiger partial charge in [-0.2, -0.15) is 0 Å². The number of hydrogen-bond donors (Lipinski definition) is 2. The van der Waals surface area contributed by atoms with Crippen molar-refractivity contribution in [2.45, 2.75) is 25.5 Å². The van der Waals surface area contributed by atoms with E-state index >= 15 is 0 Å². The average Bonchev–Trinajstić information content (AvgIpc) is 2.45. The van der Waals surface area contributed by atoms with E-state index in [4.69, 9.17) is 5.11 Å².